The van der Waals surface area contributed by atoms with Gasteiger partial charge in [0.1, 0.15) is 6.54 Å². The zero-order valence-corrected chi connectivity index (χ0v) is 20.9. The highest BCUT2D eigenvalue weighted by Crippen LogP contribution is 2.44. The Morgan fingerprint density at radius 1 is 0.943 bits per heavy atom. The van der Waals surface area contributed by atoms with E-state index in [0.29, 0.717) is 29.0 Å². The number of hydrogen-bond acceptors (Lipinski definition) is 4. The second-order valence-electron chi connectivity index (χ2n) is 8.79. The third-order valence-corrected chi connectivity index (χ3v) is 7.79. The number of rotatable bonds is 7. The lowest BCUT2D eigenvalue weighted by Gasteiger charge is -2.32. The molecule has 0 fully saturated rings. The number of carbonyl (C=O) groups excluding carboxylic acids is 2. The Morgan fingerprint density at radius 3 is 2.40 bits per heavy atom. The van der Waals surface area contributed by atoms with Crippen LogP contribution in [0.2, 0.25) is 0 Å². The van der Waals surface area contributed by atoms with Gasteiger partial charge in [0.15, 0.2) is 0 Å². The maximum atomic E-state index is 13.5. The smallest absolute Gasteiger partial charge is 0.265 e. The summed E-state index contributed by atoms with van der Waals surface area (Å²) in [5, 5.41) is 5.53. The van der Waals surface area contributed by atoms with Crippen LogP contribution in [0, 0.1) is 0 Å². The summed E-state index contributed by atoms with van der Waals surface area (Å²) < 4.78 is 28.2. The first kappa shape index (κ1) is 24.5. The Morgan fingerprint density at radius 2 is 1.66 bits per heavy atom. The second-order valence-corrected chi connectivity index (χ2v) is 10.6. The van der Waals surface area contributed by atoms with E-state index in [9.17, 15) is 18.0 Å². The number of fused-ring (bicyclic) bond motifs is 3. The second kappa shape index (κ2) is 9.92. The first-order valence-corrected chi connectivity index (χ1v) is 13.1. The molecule has 2 N–H and O–H groups in total. The van der Waals surface area contributed by atoms with Gasteiger partial charge in [0.25, 0.3) is 15.9 Å². The van der Waals surface area contributed by atoms with Crippen LogP contribution in [-0.2, 0) is 14.8 Å². The fourth-order valence-corrected chi connectivity index (χ4v) is 5.77. The average Bonchev–Trinajstić information content (AvgIpc) is 2.85. The van der Waals surface area contributed by atoms with Crippen molar-refractivity contribution in [3.63, 3.8) is 0 Å². The van der Waals surface area contributed by atoms with Crippen LogP contribution >= 0.6 is 0 Å². The number of carbonyl (C=O) groups is 2. The van der Waals surface area contributed by atoms with Crippen molar-refractivity contribution in [2.75, 3.05) is 22.7 Å². The Labute approximate surface area is 206 Å². The number of benzene rings is 3. The van der Waals surface area contributed by atoms with Crippen molar-refractivity contribution in [2.45, 2.75) is 38.0 Å². The van der Waals surface area contributed by atoms with Gasteiger partial charge in [-0.1, -0.05) is 57.2 Å². The molecule has 1 heterocycles. The molecule has 7 nitrogen and oxygen atoms in total. The summed E-state index contributed by atoms with van der Waals surface area (Å²) in [6.07, 6.45) is 0.784. The zero-order chi connectivity index (χ0) is 25.2. The van der Waals surface area contributed by atoms with Crippen LogP contribution in [0.1, 0.15) is 49.0 Å². The van der Waals surface area contributed by atoms with Crippen molar-refractivity contribution in [3.05, 3.63) is 77.9 Å². The fourth-order valence-electron chi connectivity index (χ4n) is 4.12. The third-order valence-electron chi connectivity index (χ3n) is 5.97. The number of nitrogens with zero attached hydrogens (tertiary/aromatic N) is 1. The van der Waals surface area contributed by atoms with Crippen molar-refractivity contribution < 1.29 is 18.0 Å². The molecular weight excluding hydrogens is 462 g/mol. The summed E-state index contributed by atoms with van der Waals surface area (Å²) >= 11 is 0. The largest absolute Gasteiger partial charge is 0.352 e. The van der Waals surface area contributed by atoms with Crippen LogP contribution in [0.5, 0.6) is 0 Å². The van der Waals surface area contributed by atoms with Gasteiger partial charge in [-0.05, 0) is 48.2 Å². The summed E-state index contributed by atoms with van der Waals surface area (Å²) in [6, 6.07) is 19.2. The van der Waals surface area contributed by atoms with E-state index in [-0.39, 0.29) is 16.7 Å². The van der Waals surface area contributed by atoms with Crippen LogP contribution in [-0.4, -0.2) is 33.3 Å². The highest BCUT2D eigenvalue weighted by atomic mass is 32.2. The lowest BCUT2D eigenvalue weighted by Crippen LogP contribution is -2.40. The van der Waals surface area contributed by atoms with E-state index < -0.39 is 22.5 Å². The summed E-state index contributed by atoms with van der Waals surface area (Å²) in [5.74, 6) is -0.575. The molecule has 0 radical (unpaired) electrons. The Hall–Kier alpha value is -3.65. The van der Waals surface area contributed by atoms with Gasteiger partial charge in [0.05, 0.1) is 21.8 Å². The molecule has 0 unspecified atom stereocenters. The summed E-state index contributed by atoms with van der Waals surface area (Å²) in [5.41, 5.74) is 3.58. The molecule has 0 saturated heterocycles. The molecule has 0 saturated carbocycles. The van der Waals surface area contributed by atoms with Crippen LogP contribution in [0.3, 0.4) is 0 Å². The van der Waals surface area contributed by atoms with Crippen LogP contribution in [0.25, 0.3) is 11.1 Å². The Balaban J connectivity index is 1.68. The molecule has 1 aliphatic rings. The van der Waals surface area contributed by atoms with Gasteiger partial charge in [0, 0.05) is 17.7 Å². The van der Waals surface area contributed by atoms with Crippen molar-refractivity contribution >= 4 is 33.2 Å². The van der Waals surface area contributed by atoms with Gasteiger partial charge < -0.3 is 10.6 Å². The SMILES string of the molecule is CCCNC(=O)c1ccccc1NC(=O)CN1c2ccc(C(C)C)cc2-c2ccccc2S1(=O)=O. The zero-order valence-electron chi connectivity index (χ0n) is 20.0. The average molecular weight is 492 g/mol. The molecular formula is C27H29N3O4S. The number of anilines is 2. The van der Waals surface area contributed by atoms with E-state index in [1.54, 1.807) is 48.5 Å². The minimum atomic E-state index is -3.96. The van der Waals surface area contributed by atoms with E-state index in [1.807, 2.05) is 25.1 Å². The number of para-hydroxylation sites is 1. The molecule has 8 heteroatoms. The van der Waals surface area contributed by atoms with Crippen molar-refractivity contribution in [3.8, 4) is 11.1 Å². The maximum Gasteiger partial charge on any atom is 0.265 e. The van der Waals surface area contributed by atoms with Gasteiger partial charge in [-0.3, -0.25) is 13.9 Å². The quantitative estimate of drug-likeness (QED) is 0.498. The van der Waals surface area contributed by atoms with E-state index >= 15 is 0 Å². The van der Waals surface area contributed by atoms with Crippen molar-refractivity contribution in [1.29, 1.82) is 0 Å². The minimum Gasteiger partial charge on any atom is -0.352 e. The number of amides is 2. The summed E-state index contributed by atoms with van der Waals surface area (Å²) in [7, 11) is -3.96. The Kier molecular flexibility index (Phi) is 6.93. The van der Waals surface area contributed by atoms with Crippen LogP contribution in [0.15, 0.2) is 71.6 Å². The predicted molar refractivity (Wildman–Crippen MR) is 138 cm³/mol. The van der Waals surface area contributed by atoms with Gasteiger partial charge in [-0.2, -0.15) is 0 Å². The minimum absolute atomic E-state index is 0.167. The molecule has 0 aromatic heterocycles. The third kappa shape index (κ3) is 4.79. The van der Waals surface area contributed by atoms with Gasteiger partial charge in [-0.25, -0.2) is 8.42 Å². The molecule has 0 aliphatic carbocycles. The summed E-state index contributed by atoms with van der Waals surface area (Å²) in [6.45, 7) is 6.20. The first-order chi connectivity index (χ1) is 16.7. The maximum absolute atomic E-state index is 13.5. The molecule has 1 aliphatic heterocycles. The van der Waals surface area contributed by atoms with Crippen LogP contribution < -0.4 is 14.9 Å². The predicted octanol–water partition coefficient (Wildman–Crippen LogP) is 4.76. The molecule has 0 spiro atoms. The molecule has 4 rings (SSSR count). The highest BCUT2D eigenvalue weighted by molar-refractivity contribution is 7.93. The molecule has 0 atom stereocenters. The van der Waals surface area contributed by atoms with E-state index in [2.05, 4.69) is 24.5 Å². The van der Waals surface area contributed by atoms with E-state index in [1.165, 1.54) is 0 Å². The Bertz CT molecular complexity index is 1380. The molecule has 35 heavy (non-hydrogen) atoms. The summed E-state index contributed by atoms with van der Waals surface area (Å²) in [4.78, 5) is 25.8. The van der Waals surface area contributed by atoms with E-state index in [4.69, 9.17) is 0 Å². The van der Waals surface area contributed by atoms with E-state index in [0.717, 1.165) is 21.9 Å². The van der Waals surface area contributed by atoms with Crippen molar-refractivity contribution in [1.82, 2.24) is 5.32 Å². The monoisotopic (exact) mass is 491 g/mol. The lowest BCUT2D eigenvalue weighted by atomic mass is 9.95. The molecule has 0 bridgehead atoms. The normalized spacial score (nSPS) is 13.7. The van der Waals surface area contributed by atoms with Gasteiger partial charge in [-0.15, -0.1) is 0 Å². The van der Waals surface area contributed by atoms with Crippen molar-refractivity contribution in [2.24, 2.45) is 0 Å². The fraction of sp³-hybridized carbons (Fsp3) is 0.259. The van der Waals surface area contributed by atoms with Gasteiger partial charge in [0.2, 0.25) is 5.91 Å². The number of hydrogen-bond donors (Lipinski definition) is 2. The highest BCUT2D eigenvalue weighted by Gasteiger charge is 2.36. The molecule has 3 aromatic rings. The number of nitrogens with one attached hydrogen (secondary N) is 2. The van der Waals surface area contributed by atoms with Gasteiger partial charge >= 0.3 is 0 Å². The first-order valence-electron chi connectivity index (χ1n) is 11.7. The topological polar surface area (TPSA) is 95.6 Å². The lowest BCUT2D eigenvalue weighted by molar-refractivity contribution is -0.114. The number of sulfonamides is 1. The molecule has 2 amide bonds. The molecule has 182 valence electrons. The van der Waals surface area contributed by atoms with Crippen LogP contribution in [0.4, 0.5) is 11.4 Å². The molecule has 3 aromatic carbocycles. The standard InChI is InChI=1S/C27H29N3O4S/c1-4-15-28-27(32)21-10-5-7-11-23(21)29-26(31)17-30-24-14-13-19(18(2)3)16-22(24)20-9-6-8-12-25(20)35(30,33)34/h5-14,16,18H,4,15,17H2,1-3H3,(H,28,32)(H,29,31).